The lowest BCUT2D eigenvalue weighted by molar-refractivity contribution is -0.0894. The second kappa shape index (κ2) is 9.56. The number of anilines is 1. The molecule has 34 heavy (non-hydrogen) atoms. The van der Waals surface area contributed by atoms with E-state index >= 15 is 0 Å². The third-order valence-corrected chi connectivity index (χ3v) is 7.15. The molecule has 3 atom stereocenters. The fraction of sp³-hybridized carbons (Fsp3) is 0.542. The zero-order valence-corrected chi connectivity index (χ0v) is 20.1. The molecule has 3 unspecified atom stereocenters. The van der Waals surface area contributed by atoms with Crippen LogP contribution in [-0.4, -0.2) is 75.6 Å². The minimum absolute atomic E-state index is 0.0461. The number of aromatic nitrogens is 3. The van der Waals surface area contributed by atoms with E-state index in [0.717, 1.165) is 11.5 Å². The molecule has 0 radical (unpaired) electrons. The predicted molar refractivity (Wildman–Crippen MR) is 128 cm³/mol. The van der Waals surface area contributed by atoms with E-state index < -0.39 is 0 Å². The van der Waals surface area contributed by atoms with Gasteiger partial charge in [-0.15, -0.1) is 5.10 Å². The first-order valence-corrected chi connectivity index (χ1v) is 12.1. The van der Waals surface area contributed by atoms with Crippen molar-refractivity contribution in [1.29, 1.82) is 0 Å². The van der Waals surface area contributed by atoms with Gasteiger partial charge in [0.05, 0.1) is 37.5 Å². The highest BCUT2D eigenvalue weighted by atomic mass is 35.5. The number of carbonyl (C=O) groups is 1. The normalized spacial score (nSPS) is 29.0. The molecule has 3 heterocycles. The Morgan fingerprint density at radius 1 is 1.41 bits per heavy atom. The Morgan fingerprint density at radius 2 is 2.24 bits per heavy atom. The molecule has 9 nitrogen and oxygen atoms in total. The Kier molecular flexibility index (Phi) is 6.50. The molecule has 0 aromatic carbocycles. The number of hydrogen-bond donors (Lipinski definition) is 2. The van der Waals surface area contributed by atoms with Crippen LogP contribution in [0.25, 0.3) is 5.65 Å². The summed E-state index contributed by atoms with van der Waals surface area (Å²) in [6, 6.07) is 1.67. The van der Waals surface area contributed by atoms with Crippen LogP contribution >= 0.6 is 11.6 Å². The van der Waals surface area contributed by atoms with E-state index in [1.807, 2.05) is 24.0 Å². The van der Waals surface area contributed by atoms with Crippen LogP contribution < -0.4 is 10.1 Å². The number of nitrogens with zero attached hydrogens (tertiary/aromatic N) is 4. The highest BCUT2D eigenvalue weighted by Gasteiger charge is 2.42. The maximum absolute atomic E-state index is 13.6. The molecule has 2 aromatic heterocycles. The summed E-state index contributed by atoms with van der Waals surface area (Å²) >= 11 is 6.14. The summed E-state index contributed by atoms with van der Waals surface area (Å²) in [7, 11) is 1.56. The van der Waals surface area contributed by atoms with Gasteiger partial charge in [-0.3, -0.25) is 4.79 Å². The van der Waals surface area contributed by atoms with Gasteiger partial charge in [-0.2, -0.15) is 4.98 Å². The minimum atomic E-state index is -0.282. The summed E-state index contributed by atoms with van der Waals surface area (Å²) in [6.07, 6.45) is 9.51. The molecule has 5 rings (SSSR count). The number of morpholine rings is 1. The predicted octanol–water partition coefficient (Wildman–Crippen LogP) is 2.85. The molecule has 2 aromatic rings. The number of carbonyl (C=O) groups excluding carboxylic acids is 1. The van der Waals surface area contributed by atoms with Crippen molar-refractivity contribution in [3.63, 3.8) is 0 Å². The Balaban J connectivity index is 1.36. The van der Waals surface area contributed by atoms with Crippen molar-refractivity contribution >= 4 is 29.1 Å². The van der Waals surface area contributed by atoms with Crippen molar-refractivity contribution in [2.45, 2.75) is 44.4 Å². The fourth-order valence-electron chi connectivity index (χ4n) is 4.92. The van der Waals surface area contributed by atoms with Gasteiger partial charge in [-0.1, -0.05) is 23.8 Å². The Hall–Kier alpha value is -2.62. The van der Waals surface area contributed by atoms with Gasteiger partial charge in [0.1, 0.15) is 0 Å². The number of rotatable bonds is 6. The number of allylic oxidation sites excluding steroid dienone is 3. The van der Waals surface area contributed by atoms with Crippen LogP contribution in [0.3, 0.4) is 0 Å². The van der Waals surface area contributed by atoms with Gasteiger partial charge >= 0.3 is 0 Å². The molecule has 0 spiro atoms. The first-order valence-electron chi connectivity index (χ1n) is 11.7. The first kappa shape index (κ1) is 23.1. The van der Waals surface area contributed by atoms with Gasteiger partial charge in [0.25, 0.3) is 5.91 Å². The maximum atomic E-state index is 13.6. The van der Waals surface area contributed by atoms with E-state index in [1.165, 1.54) is 0 Å². The molecule has 0 bridgehead atoms. The number of amides is 1. The summed E-state index contributed by atoms with van der Waals surface area (Å²) in [5, 5.41) is 18.4. The van der Waals surface area contributed by atoms with Gasteiger partial charge in [-0.25, -0.2) is 4.52 Å². The molecule has 1 saturated heterocycles. The number of methoxy groups -OCH3 is 1. The molecule has 3 aliphatic rings. The smallest absolute Gasteiger partial charge is 0.255 e. The average Bonchev–Trinajstić information content (AvgIpc) is 3.23. The molecule has 1 saturated carbocycles. The van der Waals surface area contributed by atoms with Gasteiger partial charge < -0.3 is 24.8 Å². The zero-order chi connectivity index (χ0) is 23.8. The molecule has 1 aliphatic heterocycles. The average molecular weight is 488 g/mol. The SMILES string of the molecule is COc1cc(C(=O)N2CC(C)OCC2C2CC(O)C2)cn2nc(NCC3C=CC=C(Cl)C3)nc12. The van der Waals surface area contributed by atoms with Gasteiger partial charge in [0, 0.05) is 24.3 Å². The van der Waals surface area contributed by atoms with Crippen LogP contribution in [0.2, 0.25) is 0 Å². The molecular weight excluding hydrogens is 458 g/mol. The largest absolute Gasteiger partial charge is 0.493 e. The first-order chi connectivity index (χ1) is 16.4. The van der Waals surface area contributed by atoms with Crippen LogP contribution in [0.5, 0.6) is 5.75 Å². The Labute approximate surface area is 203 Å². The molecule has 1 amide bonds. The van der Waals surface area contributed by atoms with Crippen LogP contribution in [0.1, 0.15) is 36.5 Å². The van der Waals surface area contributed by atoms with Crippen molar-refractivity contribution < 1.29 is 19.4 Å². The van der Waals surface area contributed by atoms with Gasteiger partial charge in [0.15, 0.2) is 11.4 Å². The van der Waals surface area contributed by atoms with Crippen LogP contribution in [-0.2, 0) is 4.74 Å². The van der Waals surface area contributed by atoms with Crippen LogP contribution in [0.15, 0.2) is 35.5 Å². The number of aliphatic hydroxyl groups excluding tert-OH is 1. The molecular formula is C24H30ClN5O4. The number of halogens is 1. The fourth-order valence-corrected chi connectivity index (χ4v) is 5.19. The monoisotopic (exact) mass is 487 g/mol. The number of hydrogen-bond acceptors (Lipinski definition) is 7. The highest BCUT2D eigenvalue weighted by molar-refractivity contribution is 6.29. The van der Waals surface area contributed by atoms with Crippen molar-refractivity contribution in [1.82, 2.24) is 19.5 Å². The standard InChI is InChI=1S/C24H30ClN5O4/c1-14-11-29(20(13-34-14)16-7-19(31)8-16)23(32)17-9-21(33-2)22-27-24(28-30(22)12-17)26-10-15-4-3-5-18(25)6-15/h3-5,9,12,14-16,19-20,31H,6-8,10-11,13H2,1-2H3,(H,26,28). The van der Waals surface area contributed by atoms with E-state index in [2.05, 4.69) is 21.5 Å². The molecule has 2 aliphatic carbocycles. The summed E-state index contributed by atoms with van der Waals surface area (Å²) in [5.41, 5.74) is 1.01. The van der Waals surface area contributed by atoms with Crippen LogP contribution in [0.4, 0.5) is 5.95 Å². The topological polar surface area (TPSA) is 101 Å². The third kappa shape index (κ3) is 4.64. The van der Waals surface area contributed by atoms with Gasteiger partial charge in [0.2, 0.25) is 5.95 Å². The lowest BCUT2D eigenvalue weighted by Crippen LogP contribution is -2.57. The van der Waals surface area contributed by atoms with E-state index in [4.69, 9.17) is 21.1 Å². The molecule has 2 N–H and O–H groups in total. The molecule has 10 heteroatoms. The van der Waals surface area contributed by atoms with Crippen molar-refractivity contribution in [3.05, 3.63) is 41.1 Å². The van der Waals surface area contributed by atoms with Crippen molar-refractivity contribution in [2.75, 3.05) is 32.1 Å². The third-order valence-electron chi connectivity index (χ3n) is 6.87. The number of pyridine rings is 1. The van der Waals surface area contributed by atoms with Gasteiger partial charge in [-0.05, 0) is 50.2 Å². The van der Waals surface area contributed by atoms with Crippen molar-refractivity contribution in [3.8, 4) is 5.75 Å². The number of nitrogens with one attached hydrogen (secondary N) is 1. The highest BCUT2D eigenvalue weighted by Crippen LogP contribution is 2.35. The second-order valence-corrected chi connectivity index (χ2v) is 9.88. The molecule has 2 fully saturated rings. The maximum Gasteiger partial charge on any atom is 0.255 e. The van der Waals surface area contributed by atoms with E-state index in [9.17, 15) is 9.90 Å². The lowest BCUT2D eigenvalue weighted by atomic mass is 9.76. The Bertz CT molecular complexity index is 1130. The van der Waals surface area contributed by atoms with E-state index in [0.29, 0.717) is 55.4 Å². The van der Waals surface area contributed by atoms with Crippen molar-refractivity contribution in [2.24, 2.45) is 11.8 Å². The summed E-state index contributed by atoms with van der Waals surface area (Å²) < 4.78 is 13.0. The van der Waals surface area contributed by atoms with Crippen LogP contribution in [0, 0.1) is 11.8 Å². The number of aliphatic hydroxyl groups is 1. The quantitative estimate of drug-likeness (QED) is 0.646. The van der Waals surface area contributed by atoms with E-state index in [-0.39, 0.29) is 36.0 Å². The number of fused-ring (bicyclic) bond motifs is 1. The zero-order valence-electron chi connectivity index (χ0n) is 19.4. The molecule has 182 valence electrons. The minimum Gasteiger partial charge on any atom is -0.493 e. The summed E-state index contributed by atoms with van der Waals surface area (Å²) in [5.74, 6) is 1.35. The van der Waals surface area contributed by atoms with E-state index in [1.54, 1.807) is 23.9 Å². The lowest BCUT2D eigenvalue weighted by Gasteiger charge is -2.47. The Morgan fingerprint density at radius 3 is 2.97 bits per heavy atom. The second-order valence-electron chi connectivity index (χ2n) is 9.40. The number of ether oxygens (including phenoxy) is 2. The summed E-state index contributed by atoms with van der Waals surface area (Å²) in [4.78, 5) is 20.1. The summed E-state index contributed by atoms with van der Waals surface area (Å²) in [6.45, 7) is 3.60.